The Kier molecular flexibility index (Phi) is 4.34. The number of amides is 1. The van der Waals surface area contributed by atoms with Crippen molar-refractivity contribution in [1.29, 1.82) is 0 Å². The van der Waals surface area contributed by atoms with Crippen LogP contribution in [0, 0.1) is 5.92 Å². The number of hydrogen-bond acceptors (Lipinski definition) is 1. The fourth-order valence-corrected chi connectivity index (χ4v) is 2.56. The Hall–Kier alpha value is -0.830. The van der Waals surface area contributed by atoms with Crippen LogP contribution in [0.4, 0.5) is 0 Å². The topological polar surface area (TPSA) is 29.1 Å². The van der Waals surface area contributed by atoms with Gasteiger partial charge in [-0.2, -0.15) is 0 Å². The fourth-order valence-electron chi connectivity index (χ4n) is 2.44. The van der Waals surface area contributed by atoms with Gasteiger partial charge in [0.25, 0.3) is 0 Å². The largest absolute Gasteiger partial charge is 0.350 e. The molecule has 104 valence electrons. The Morgan fingerprint density at radius 1 is 1.37 bits per heavy atom. The zero-order chi connectivity index (χ0) is 14.0. The van der Waals surface area contributed by atoms with Crippen molar-refractivity contribution >= 4 is 21.8 Å². The van der Waals surface area contributed by atoms with E-state index in [-0.39, 0.29) is 22.2 Å². The summed E-state index contributed by atoms with van der Waals surface area (Å²) < 4.78 is 0. The van der Waals surface area contributed by atoms with Gasteiger partial charge in [0, 0.05) is 16.3 Å². The van der Waals surface area contributed by atoms with E-state index < -0.39 is 0 Å². The molecular formula is C16H22BrNO. The van der Waals surface area contributed by atoms with Gasteiger partial charge in [0.2, 0.25) is 5.91 Å². The second-order valence-corrected chi connectivity index (χ2v) is 7.41. The summed E-state index contributed by atoms with van der Waals surface area (Å²) in [4.78, 5) is 12.6. The van der Waals surface area contributed by atoms with E-state index >= 15 is 0 Å². The zero-order valence-corrected chi connectivity index (χ0v) is 13.5. The van der Waals surface area contributed by atoms with Gasteiger partial charge in [-0.25, -0.2) is 0 Å². The minimum Gasteiger partial charge on any atom is -0.350 e. The number of carbonyl (C=O) groups is 1. The molecule has 1 aliphatic carbocycles. The van der Waals surface area contributed by atoms with Crippen molar-refractivity contribution in [3.63, 3.8) is 0 Å². The molecule has 0 aromatic heterocycles. The van der Waals surface area contributed by atoms with Gasteiger partial charge in [0.15, 0.2) is 0 Å². The summed E-state index contributed by atoms with van der Waals surface area (Å²) >= 11 is 3.56. The second-order valence-electron chi connectivity index (χ2n) is 6.04. The molecule has 1 aromatic rings. The van der Waals surface area contributed by atoms with E-state index in [0.29, 0.717) is 0 Å². The quantitative estimate of drug-likeness (QED) is 0.848. The molecule has 1 aromatic carbocycles. The summed E-state index contributed by atoms with van der Waals surface area (Å²) in [6.45, 7) is 6.18. The number of hydrogen-bond donors (Lipinski definition) is 1. The predicted molar refractivity (Wildman–Crippen MR) is 82.6 cm³/mol. The minimum absolute atomic E-state index is 0.112. The lowest BCUT2D eigenvalue weighted by Crippen LogP contribution is -2.51. The lowest BCUT2D eigenvalue weighted by molar-refractivity contribution is -0.126. The Balaban J connectivity index is 2.03. The number of aryl methyl sites for hydroxylation is 1. The average Bonchev–Trinajstić information content (AvgIpc) is 2.37. The number of benzene rings is 1. The van der Waals surface area contributed by atoms with E-state index in [9.17, 15) is 4.79 Å². The molecule has 0 radical (unpaired) electrons. The van der Waals surface area contributed by atoms with E-state index in [0.717, 1.165) is 19.3 Å². The smallest absolute Gasteiger partial charge is 0.223 e. The molecule has 0 aliphatic heterocycles. The maximum atomic E-state index is 12.4. The number of rotatable bonds is 3. The number of carbonyl (C=O) groups excluding carboxylic acids is 1. The highest BCUT2D eigenvalue weighted by Crippen LogP contribution is 2.26. The fraction of sp³-hybridized carbons (Fsp3) is 0.562. The van der Waals surface area contributed by atoms with E-state index in [1.807, 2.05) is 0 Å². The summed E-state index contributed by atoms with van der Waals surface area (Å²) in [7, 11) is 0. The molecular weight excluding hydrogens is 302 g/mol. The van der Waals surface area contributed by atoms with Gasteiger partial charge in [0.05, 0.1) is 0 Å². The maximum Gasteiger partial charge on any atom is 0.223 e. The van der Waals surface area contributed by atoms with Crippen molar-refractivity contribution in [1.82, 2.24) is 5.32 Å². The molecule has 3 heteroatoms. The SMILES string of the molecule is CC(Br)C(C)(C)NC(=O)C1CCc2ccccc2C1. The van der Waals surface area contributed by atoms with Crippen molar-refractivity contribution in [2.45, 2.75) is 50.4 Å². The molecule has 0 fully saturated rings. The molecule has 0 saturated heterocycles. The first-order valence-electron chi connectivity index (χ1n) is 6.93. The lowest BCUT2D eigenvalue weighted by atomic mass is 9.83. The van der Waals surface area contributed by atoms with E-state index in [1.54, 1.807) is 0 Å². The highest BCUT2D eigenvalue weighted by Gasteiger charge is 2.30. The summed E-state index contributed by atoms with van der Waals surface area (Å²) in [6.07, 6.45) is 2.84. The van der Waals surface area contributed by atoms with Crippen LogP contribution in [0.15, 0.2) is 24.3 Å². The van der Waals surface area contributed by atoms with Gasteiger partial charge in [0.1, 0.15) is 0 Å². The van der Waals surface area contributed by atoms with Crippen LogP contribution in [0.25, 0.3) is 0 Å². The van der Waals surface area contributed by atoms with Crippen molar-refractivity contribution in [2.75, 3.05) is 0 Å². The van der Waals surface area contributed by atoms with Gasteiger partial charge >= 0.3 is 0 Å². The molecule has 2 atom stereocenters. The molecule has 2 rings (SSSR count). The normalized spacial score (nSPS) is 20.5. The molecule has 0 saturated carbocycles. The Morgan fingerprint density at radius 2 is 2.00 bits per heavy atom. The first kappa shape index (κ1) is 14.6. The molecule has 1 aliphatic rings. The predicted octanol–water partition coefficient (Wildman–Crippen LogP) is 3.47. The Morgan fingerprint density at radius 3 is 2.63 bits per heavy atom. The second kappa shape index (κ2) is 5.66. The van der Waals surface area contributed by atoms with Gasteiger partial charge in [-0.1, -0.05) is 47.1 Å². The van der Waals surface area contributed by atoms with Crippen LogP contribution in [-0.2, 0) is 17.6 Å². The number of alkyl halides is 1. The summed E-state index contributed by atoms with van der Waals surface area (Å²) in [5, 5.41) is 3.17. The van der Waals surface area contributed by atoms with Crippen LogP contribution >= 0.6 is 15.9 Å². The highest BCUT2D eigenvalue weighted by atomic mass is 79.9. The molecule has 0 spiro atoms. The molecule has 1 amide bonds. The molecule has 2 nitrogen and oxygen atoms in total. The third kappa shape index (κ3) is 3.38. The zero-order valence-electron chi connectivity index (χ0n) is 11.9. The monoisotopic (exact) mass is 323 g/mol. The van der Waals surface area contributed by atoms with Gasteiger partial charge in [-0.05, 0) is 44.2 Å². The number of nitrogens with one attached hydrogen (secondary N) is 1. The summed E-state index contributed by atoms with van der Waals surface area (Å²) in [6, 6.07) is 8.46. The molecule has 2 unspecified atom stereocenters. The summed E-state index contributed by atoms with van der Waals surface area (Å²) in [5.74, 6) is 0.297. The maximum absolute atomic E-state index is 12.4. The van der Waals surface area contributed by atoms with Crippen molar-refractivity contribution in [3.8, 4) is 0 Å². The Bertz CT molecular complexity index is 468. The first-order valence-corrected chi connectivity index (χ1v) is 7.84. The first-order chi connectivity index (χ1) is 8.90. The van der Waals surface area contributed by atoms with E-state index in [4.69, 9.17) is 0 Å². The van der Waals surface area contributed by atoms with Crippen molar-refractivity contribution < 1.29 is 4.79 Å². The molecule has 1 N–H and O–H groups in total. The molecule has 0 heterocycles. The number of halogens is 1. The van der Waals surface area contributed by atoms with Gasteiger partial charge < -0.3 is 5.32 Å². The third-order valence-corrected chi connectivity index (χ3v) is 5.30. The summed E-state index contributed by atoms with van der Waals surface area (Å²) in [5.41, 5.74) is 2.52. The van der Waals surface area contributed by atoms with Crippen LogP contribution < -0.4 is 5.32 Å². The molecule has 19 heavy (non-hydrogen) atoms. The highest BCUT2D eigenvalue weighted by molar-refractivity contribution is 9.09. The van der Waals surface area contributed by atoms with Crippen LogP contribution in [-0.4, -0.2) is 16.3 Å². The van der Waals surface area contributed by atoms with Crippen LogP contribution in [0.5, 0.6) is 0 Å². The molecule has 0 bridgehead atoms. The van der Waals surface area contributed by atoms with Crippen molar-refractivity contribution in [2.24, 2.45) is 5.92 Å². The van der Waals surface area contributed by atoms with Gasteiger partial charge in [-0.3, -0.25) is 4.79 Å². The lowest BCUT2D eigenvalue weighted by Gasteiger charge is -2.32. The average molecular weight is 324 g/mol. The van der Waals surface area contributed by atoms with Gasteiger partial charge in [-0.15, -0.1) is 0 Å². The standard InChI is InChI=1S/C16H22BrNO/c1-11(17)16(2,3)18-15(19)14-9-8-12-6-4-5-7-13(12)10-14/h4-7,11,14H,8-10H2,1-3H3,(H,18,19). The van der Waals surface area contributed by atoms with Crippen molar-refractivity contribution in [3.05, 3.63) is 35.4 Å². The minimum atomic E-state index is -0.214. The van der Waals surface area contributed by atoms with Crippen LogP contribution in [0.3, 0.4) is 0 Å². The van der Waals surface area contributed by atoms with Crippen LogP contribution in [0.1, 0.15) is 38.3 Å². The third-order valence-electron chi connectivity index (χ3n) is 4.16. The van der Waals surface area contributed by atoms with E-state index in [2.05, 4.69) is 66.3 Å². The number of fused-ring (bicyclic) bond motifs is 1. The Labute approximate surface area is 124 Å². The van der Waals surface area contributed by atoms with E-state index in [1.165, 1.54) is 11.1 Å². The van der Waals surface area contributed by atoms with Crippen LogP contribution in [0.2, 0.25) is 0 Å².